The van der Waals surface area contributed by atoms with Crippen molar-refractivity contribution in [3.63, 3.8) is 0 Å². The lowest BCUT2D eigenvalue weighted by atomic mass is 9.87. The predicted octanol–water partition coefficient (Wildman–Crippen LogP) is 3.51. The second-order valence-electron chi connectivity index (χ2n) is 7.54. The van der Waals surface area contributed by atoms with E-state index in [2.05, 4.69) is 10.4 Å². The molecule has 4 rings (SSSR count). The Morgan fingerprint density at radius 3 is 2.77 bits per heavy atom. The van der Waals surface area contributed by atoms with Crippen LogP contribution in [0.3, 0.4) is 0 Å². The first-order valence-corrected chi connectivity index (χ1v) is 9.38. The minimum absolute atomic E-state index is 0.0630. The molecule has 0 radical (unpaired) electrons. The lowest BCUT2D eigenvalue weighted by Gasteiger charge is -2.31. The molecule has 1 aromatic heterocycles. The maximum Gasteiger partial charge on any atom is 0.322 e. The maximum absolute atomic E-state index is 13.0. The van der Waals surface area contributed by atoms with Crippen LogP contribution < -0.4 is 5.32 Å². The molecule has 1 aliphatic heterocycles. The van der Waals surface area contributed by atoms with Gasteiger partial charge in [0.15, 0.2) is 0 Å². The Bertz CT molecular complexity index is 765. The Morgan fingerprint density at radius 2 is 2.00 bits per heavy atom. The number of aromatic nitrogens is 2. The summed E-state index contributed by atoms with van der Waals surface area (Å²) < 4.78 is 7.56. The number of nitrogens with zero attached hydrogens (tertiary/aromatic N) is 3. The van der Waals surface area contributed by atoms with Gasteiger partial charge in [-0.2, -0.15) is 5.10 Å². The number of amides is 2. The second-order valence-corrected chi connectivity index (χ2v) is 7.54. The molecule has 1 aliphatic carbocycles. The van der Waals surface area contributed by atoms with E-state index in [4.69, 9.17) is 4.74 Å². The molecule has 1 saturated carbocycles. The molecule has 2 aliphatic rings. The summed E-state index contributed by atoms with van der Waals surface area (Å²) >= 11 is 0. The number of hydrogen-bond donors (Lipinski definition) is 1. The third kappa shape index (κ3) is 3.46. The summed E-state index contributed by atoms with van der Waals surface area (Å²) in [7, 11) is 1.87. The molecule has 2 amide bonds. The Labute approximate surface area is 154 Å². The van der Waals surface area contributed by atoms with Crippen molar-refractivity contribution in [2.45, 2.75) is 25.7 Å². The van der Waals surface area contributed by atoms with Gasteiger partial charge >= 0.3 is 6.03 Å². The number of aryl methyl sites for hydroxylation is 1. The predicted molar refractivity (Wildman–Crippen MR) is 101 cm³/mol. The van der Waals surface area contributed by atoms with Gasteiger partial charge in [0.2, 0.25) is 0 Å². The molecule has 0 atom stereocenters. The van der Waals surface area contributed by atoms with Gasteiger partial charge < -0.3 is 15.0 Å². The van der Waals surface area contributed by atoms with Crippen molar-refractivity contribution in [1.29, 1.82) is 0 Å². The molecular formula is C20H26N4O2. The van der Waals surface area contributed by atoms with E-state index in [0.29, 0.717) is 13.2 Å². The molecule has 1 spiro atoms. The number of urea groups is 1. The average molecular weight is 354 g/mol. The zero-order chi connectivity index (χ0) is 18.0. The second kappa shape index (κ2) is 7.11. The van der Waals surface area contributed by atoms with E-state index in [9.17, 15) is 4.79 Å². The minimum Gasteiger partial charge on any atom is -0.379 e. The summed E-state index contributed by atoms with van der Waals surface area (Å²) in [5.41, 5.74) is 2.68. The summed E-state index contributed by atoms with van der Waals surface area (Å²) in [6.07, 6.45) is 6.64. The zero-order valence-corrected chi connectivity index (χ0v) is 15.3. The standard InChI is InChI=1S/C20H26N4O2/c1-23-13-17(18(22-23)16-7-3-2-4-8-16)21-19(25)24-11-12-26-15-20(14-24)9-5-6-10-20/h2-4,7-8,13H,5-6,9-12,14-15H2,1H3,(H,21,25). The van der Waals surface area contributed by atoms with Crippen molar-refractivity contribution in [1.82, 2.24) is 14.7 Å². The molecule has 1 aromatic carbocycles. The van der Waals surface area contributed by atoms with E-state index in [0.717, 1.165) is 42.9 Å². The van der Waals surface area contributed by atoms with E-state index < -0.39 is 0 Å². The molecule has 0 bridgehead atoms. The quantitative estimate of drug-likeness (QED) is 0.898. The van der Waals surface area contributed by atoms with Crippen molar-refractivity contribution in [2.75, 3.05) is 31.6 Å². The van der Waals surface area contributed by atoms with Crippen molar-refractivity contribution in [3.8, 4) is 11.3 Å². The first-order valence-electron chi connectivity index (χ1n) is 9.38. The van der Waals surface area contributed by atoms with E-state index in [1.165, 1.54) is 12.8 Å². The van der Waals surface area contributed by atoms with E-state index in [1.54, 1.807) is 4.68 Å². The highest BCUT2D eigenvalue weighted by Gasteiger charge is 2.38. The van der Waals surface area contributed by atoms with Crippen LogP contribution >= 0.6 is 0 Å². The van der Waals surface area contributed by atoms with Crippen LogP contribution in [0.2, 0.25) is 0 Å². The molecule has 1 N–H and O–H groups in total. The summed E-state index contributed by atoms with van der Waals surface area (Å²) in [6, 6.07) is 9.88. The van der Waals surface area contributed by atoms with Gasteiger partial charge in [-0.1, -0.05) is 43.2 Å². The highest BCUT2D eigenvalue weighted by atomic mass is 16.5. The van der Waals surface area contributed by atoms with Gasteiger partial charge in [-0.15, -0.1) is 0 Å². The van der Waals surface area contributed by atoms with Crippen LogP contribution in [0.5, 0.6) is 0 Å². The van der Waals surface area contributed by atoms with E-state index in [-0.39, 0.29) is 11.4 Å². The lowest BCUT2D eigenvalue weighted by molar-refractivity contribution is 0.0718. The van der Waals surface area contributed by atoms with Crippen molar-refractivity contribution in [2.24, 2.45) is 12.5 Å². The first-order chi connectivity index (χ1) is 12.7. The fourth-order valence-electron chi connectivity index (χ4n) is 4.18. The van der Waals surface area contributed by atoms with Crippen LogP contribution in [-0.4, -0.2) is 47.0 Å². The largest absolute Gasteiger partial charge is 0.379 e. The maximum atomic E-state index is 13.0. The van der Waals surface area contributed by atoms with Gasteiger partial charge in [-0.05, 0) is 12.8 Å². The number of rotatable bonds is 2. The highest BCUT2D eigenvalue weighted by Crippen LogP contribution is 2.40. The Balaban J connectivity index is 1.53. The fraction of sp³-hybridized carbons (Fsp3) is 0.500. The topological polar surface area (TPSA) is 59.4 Å². The van der Waals surface area contributed by atoms with Gasteiger partial charge in [0.1, 0.15) is 5.69 Å². The molecule has 6 heteroatoms. The average Bonchev–Trinajstić information content (AvgIpc) is 3.18. The molecule has 2 heterocycles. The number of nitrogens with one attached hydrogen (secondary N) is 1. The Kier molecular flexibility index (Phi) is 4.68. The summed E-state index contributed by atoms with van der Waals surface area (Å²) in [5.74, 6) is 0. The van der Waals surface area contributed by atoms with Crippen LogP contribution in [0, 0.1) is 5.41 Å². The number of carbonyl (C=O) groups is 1. The molecule has 138 valence electrons. The van der Waals surface area contributed by atoms with Crippen LogP contribution in [0.15, 0.2) is 36.5 Å². The molecule has 1 saturated heterocycles. The summed E-state index contributed by atoms with van der Waals surface area (Å²) in [4.78, 5) is 14.9. The minimum atomic E-state index is -0.0630. The normalized spacial score (nSPS) is 19.5. The van der Waals surface area contributed by atoms with Gasteiger partial charge in [0.25, 0.3) is 0 Å². The van der Waals surface area contributed by atoms with Crippen molar-refractivity contribution in [3.05, 3.63) is 36.5 Å². The summed E-state index contributed by atoms with van der Waals surface area (Å²) in [6.45, 7) is 2.79. The number of hydrogen-bond acceptors (Lipinski definition) is 3. The fourth-order valence-corrected chi connectivity index (χ4v) is 4.18. The highest BCUT2D eigenvalue weighted by molar-refractivity contribution is 5.93. The third-order valence-electron chi connectivity index (χ3n) is 5.51. The van der Waals surface area contributed by atoms with Crippen molar-refractivity contribution >= 4 is 11.7 Å². The molecule has 2 aromatic rings. The SMILES string of the molecule is Cn1cc(NC(=O)N2CCOCC3(CCCC3)C2)c(-c2ccccc2)n1. The molecule has 2 fully saturated rings. The monoisotopic (exact) mass is 354 g/mol. The summed E-state index contributed by atoms with van der Waals surface area (Å²) in [5, 5.41) is 7.61. The first kappa shape index (κ1) is 17.1. The van der Waals surface area contributed by atoms with E-state index in [1.807, 2.05) is 48.5 Å². The van der Waals surface area contributed by atoms with Gasteiger partial charge in [-0.25, -0.2) is 4.79 Å². The van der Waals surface area contributed by atoms with Gasteiger partial charge in [-0.3, -0.25) is 4.68 Å². The number of carbonyl (C=O) groups excluding carboxylic acids is 1. The smallest absolute Gasteiger partial charge is 0.322 e. The Morgan fingerprint density at radius 1 is 1.23 bits per heavy atom. The third-order valence-corrected chi connectivity index (χ3v) is 5.51. The van der Waals surface area contributed by atoms with Crippen LogP contribution in [-0.2, 0) is 11.8 Å². The van der Waals surface area contributed by atoms with Crippen LogP contribution in [0.1, 0.15) is 25.7 Å². The van der Waals surface area contributed by atoms with Crippen molar-refractivity contribution < 1.29 is 9.53 Å². The molecular weight excluding hydrogens is 328 g/mol. The molecule has 26 heavy (non-hydrogen) atoms. The lowest BCUT2D eigenvalue weighted by Crippen LogP contribution is -2.42. The van der Waals surface area contributed by atoms with Gasteiger partial charge in [0, 0.05) is 37.3 Å². The zero-order valence-electron chi connectivity index (χ0n) is 15.3. The Hall–Kier alpha value is -2.34. The molecule has 0 unspecified atom stereocenters. The van der Waals surface area contributed by atoms with Crippen LogP contribution in [0.25, 0.3) is 11.3 Å². The number of anilines is 1. The number of benzene rings is 1. The number of ether oxygens (including phenoxy) is 1. The van der Waals surface area contributed by atoms with Gasteiger partial charge in [0.05, 0.1) is 18.9 Å². The van der Waals surface area contributed by atoms with E-state index >= 15 is 0 Å². The van der Waals surface area contributed by atoms with Crippen LogP contribution in [0.4, 0.5) is 10.5 Å². The molecule has 6 nitrogen and oxygen atoms in total.